The number of H-pyrrole nitrogens is 1. The molecule has 1 saturated carbocycles. The normalized spacial score (nSPS) is 16.8. The molecule has 142 valence electrons. The number of rotatable bonds is 3. The molecule has 0 bridgehead atoms. The van der Waals surface area contributed by atoms with Gasteiger partial charge in [0, 0.05) is 21.8 Å². The SMILES string of the molecule is O=c1[nH]c(SCc2ccc(Cl)cc2)nc2c1C1(CCCC1)Cc1ccccc1-2. The fourth-order valence-electron chi connectivity index (χ4n) is 4.78. The van der Waals surface area contributed by atoms with Crippen LogP contribution in [0.2, 0.25) is 5.02 Å². The van der Waals surface area contributed by atoms with E-state index in [9.17, 15) is 4.79 Å². The zero-order valence-corrected chi connectivity index (χ0v) is 17.1. The molecule has 0 radical (unpaired) electrons. The van der Waals surface area contributed by atoms with Gasteiger partial charge in [-0.15, -0.1) is 0 Å². The van der Waals surface area contributed by atoms with Gasteiger partial charge in [-0.25, -0.2) is 4.98 Å². The molecule has 0 saturated heterocycles. The Kier molecular flexibility index (Phi) is 4.56. The molecule has 0 atom stereocenters. The summed E-state index contributed by atoms with van der Waals surface area (Å²) < 4.78 is 0. The minimum Gasteiger partial charge on any atom is -0.301 e. The van der Waals surface area contributed by atoms with Gasteiger partial charge in [-0.2, -0.15) is 0 Å². The number of thioether (sulfide) groups is 1. The quantitative estimate of drug-likeness (QED) is 0.443. The minimum absolute atomic E-state index is 0.0380. The molecule has 1 spiro atoms. The van der Waals surface area contributed by atoms with Gasteiger partial charge in [0.15, 0.2) is 5.16 Å². The monoisotopic (exact) mass is 408 g/mol. The third kappa shape index (κ3) is 3.09. The Morgan fingerprint density at radius 3 is 2.61 bits per heavy atom. The summed E-state index contributed by atoms with van der Waals surface area (Å²) in [6.07, 6.45) is 5.49. The summed E-state index contributed by atoms with van der Waals surface area (Å²) >= 11 is 7.53. The van der Waals surface area contributed by atoms with Crippen LogP contribution >= 0.6 is 23.4 Å². The zero-order valence-electron chi connectivity index (χ0n) is 15.5. The van der Waals surface area contributed by atoms with Gasteiger partial charge in [0.25, 0.3) is 5.56 Å². The lowest BCUT2D eigenvalue weighted by Gasteiger charge is -2.35. The van der Waals surface area contributed by atoms with E-state index in [-0.39, 0.29) is 11.0 Å². The number of nitrogens with zero attached hydrogens (tertiary/aromatic N) is 1. The Balaban J connectivity index is 1.56. The maximum Gasteiger partial charge on any atom is 0.255 e. The van der Waals surface area contributed by atoms with E-state index in [0.29, 0.717) is 5.16 Å². The van der Waals surface area contributed by atoms with E-state index in [0.717, 1.165) is 52.4 Å². The van der Waals surface area contributed by atoms with Crippen molar-refractivity contribution in [1.82, 2.24) is 9.97 Å². The molecule has 0 amide bonds. The highest BCUT2D eigenvalue weighted by Gasteiger charge is 2.43. The second-order valence-electron chi connectivity index (χ2n) is 7.83. The van der Waals surface area contributed by atoms with Crippen LogP contribution in [0, 0.1) is 0 Å². The molecule has 1 aromatic heterocycles. The Bertz CT molecular complexity index is 1080. The molecule has 5 rings (SSSR count). The molecule has 1 fully saturated rings. The molecule has 0 unspecified atom stereocenters. The van der Waals surface area contributed by atoms with Gasteiger partial charge in [0.05, 0.1) is 11.3 Å². The number of nitrogens with one attached hydrogen (secondary N) is 1. The minimum atomic E-state index is -0.0380. The Morgan fingerprint density at radius 1 is 1.07 bits per heavy atom. The van der Waals surface area contributed by atoms with Crippen molar-refractivity contribution in [2.24, 2.45) is 0 Å². The first kappa shape index (κ1) is 18.0. The van der Waals surface area contributed by atoms with E-state index in [4.69, 9.17) is 16.6 Å². The number of aromatic nitrogens is 2. The van der Waals surface area contributed by atoms with Crippen molar-refractivity contribution in [2.45, 2.75) is 48.4 Å². The topological polar surface area (TPSA) is 45.8 Å². The van der Waals surface area contributed by atoms with E-state index < -0.39 is 0 Å². The number of fused-ring (bicyclic) bond motifs is 4. The molecule has 3 aromatic rings. The number of hydrogen-bond acceptors (Lipinski definition) is 3. The average Bonchev–Trinajstić information content (AvgIpc) is 3.16. The maximum atomic E-state index is 13.2. The lowest BCUT2D eigenvalue weighted by atomic mass is 9.68. The van der Waals surface area contributed by atoms with E-state index in [1.807, 2.05) is 30.3 Å². The second-order valence-corrected chi connectivity index (χ2v) is 9.23. The summed E-state index contributed by atoms with van der Waals surface area (Å²) in [7, 11) is 0. The maximum absolute atomic E-state index is 13.2. The van der Waals surface area contributed by atoms with Gasteiger partial charge in [-0.3, -0.25) is 4.79 Å². The Hall–Kier alpha value is -2.04. The van der Waals surface area contributed by atoms with E-state index in [1.165, 1.54) is 18.4 Å². The van der Waals surface area contributed by atoms with Crippen LogP contribution in [0.5, 0.6) is 0 Å². The molecule has 2 aromatic carbocycles. The van der Waals surface area contributed by atoms with Gasteiger partial charge >= 0.3 is 0 Å². The van der Waals surface area contributed by atoms with Crippen LogP contribution in [0.1, 0.15) is 42.4 Å². The largest absolute Gasteiger partial charge is 0.301 e. The molecule has 1 heterocycles. The van der Waals surface area contributed by atoms with Crippen LogP contribution in [-0.2, 0) is 17.6 Å². The van der Waals surface area contributed by atoms with Crippen molar-refractivity contribution in [3.63, 3.8) is 0 Å². The van der Waals surface area contributed by atoms with Gasteiger partial charge < -0.3 is 4.98 Å². The second kappa shape index (κ2) is 7.09. The third-order valence-electron chi connectivity index (χ3n) is 6.08. The van der Waals surface area contributed by atoms with E-state index >= 15 is 0 Å². The highest BCUT2D eigenvalue weighted by atomic mass is 35.5. The predicted molar refractivity (Wildman–Crippen MR) is 115 cm³/mol. The van der Waals surface area contributed by atoms with E-state index in [1.54, 1.807) is 11.8 Å². The smallest absolute Gasteiger partial charge is 0.255 e. The molecular weight excluding hydrogens is 388 g/mol. The van der Waals surface area contributed by atoms with Crippen molar-refractivity contribution < 1.29 is 0 Å². The van der Waals surface area contributed by atoms with E-state index in [2.05, 4.69) is 23.2 Å². The molecule has 28 heavy (non-hydrogen) atoms. The standard InChI is InChI=1S/C23H21ClN2OS/c24-17-9-7-15(8-10-17)14-28-22-25-20-18-6-2-1-5-16(18)13-23(11-3-4-12-23)19(20)21(27)26-22/h1-2,5-10H,3-4,11-14H2,(H,25,26,27). The first-order valence-corrected chi connectivity index (χ1v) is 11.1. The molecule has 3 nitrogen and oxygen atoms in total. The summed E-state index contributed by atoms with van der Waals surface area (Å²) in [4.78, 5) is 21.2. The van der Waals surface area contributed by atoms with Crippen LogP contribution in [0.4, 0.5) is 0 Å². The molecular formula is C23H21ClN2OS. The van der Waals surface area contributed by atoms with Crippen molar-refractivity contribution in [3.05, 3.63) is 80.6 Å². The summed E-state index contributed by atoms with van der Waals surface area (Å²) in [5, 5.41) is 1.41. The highest BCUT2D eigenvalue weighted by Crippen LogP contribution is 2.49. The van der Waals surface area contributed by atoms with Crippen LogP contribution in [-0.4, -0.2) is 9.97 Å². The van der Waals surface area contributed by atoms with Crippen LogP contribution in [0.15, 0.2) is 58.5 Å². The van der Waals surface area contributed by atoms with Crippen molar-refractivity contribution >= 4 is 23.4 Å². The highest BCUT2D eigenvalue weighted by molar-refractivity contribution is 7.98. The average molecular weight is 409 g/mol. The predicted octanol–water partition coefficient (Wildman–Crippen LogP) is 5.75. The fraction of sp³-hybridized carbons (Fsp3) is 0.304. The molecule has 2 aliphatic carbocycles. The fourth-order valence-corrected chi connectivity index (χ4v) is 5.72. The molecule has 0 aliphatic heterocycles. The zero-order chi connectivity index (χ0) is 19.1. The summed E-state index contributed by atoms with van der Waals surface area (Å²) in [5.74, 6) is 0.742. The summed E-state index contributed by atoms with van der Waals surface area (Å²) in [5.41, 5.74) is 5.41. The third-order valence-corrected chi connectivity index (χ3v) is 7.28. The lowest BCUT2D eigenvalue weighted by Crippen LogP contribution is -2.37. The number of hydrogen-bond donors (Lipinski definition) is 1. The molecule has 1 N–H and O–H groups in total. The number of aromatic amines is 1. The van der Waals surface area contributed by atoms with Gasteiger partial charge in [-0.05, 0) is 42.5 Å². The van der Waals surface area contributed by atoms with Gasteiger partial charge in [0.2, 0.25) is 0 Å². The van der Waals surface area contributed by atoms with Gasteiger partial charge in [0.1, 0.15) is 0 Å². The first-order valence-electron chi connectivity index (χ1n) is 9.75. The van der Waals surface area contributed by atoms with Crippen molar-refractivity contribution in [2.75, 3.05) is 0 Å². The van der Waals surface area contributed by atoms with Gasteiger partial charge in [-0.1, -0.05) is 72.6 Å². The van der Waals surface area contributed by atoms with Crippen molar-refractivity contribution in [3.8, 4) is 11.3 Å². The molecule has 2 aliphatic rings. The lowest BCUT2D eigenvalue weighted by molar-refractivity contribution is 0.425. The first-order chi connectivity index (χ1) is 13.6. The molecule has 5 heteroatoms. The van der Waals surface area contributed by atoms with Crippen LogP contribution in [0.25, 0.3) is 11.3 Å². The summed E-state index contributed by atoms with van der Waals surface area (Å²) in [6.45, 7) is 0. The van der Waals surface area contributed by atoms with Crippen LogP contribution < -0.4 is 5.56 Å². The number of halogens is 1. The van der Waals surface area contributed by atoms with Crippen LogP contribution in [0.3, 0.4) is 0 Å². The summed E-state index contributed by atoms with van der Waals surface area (Å²) in [6, 6.07) is 16.2. The number of benzene rings is 2. The Labute approximate surface area is 173 Å². The van der Waals surface area contributed by atoms with Crippen molar-refractivity contribution in [1.29, 1.82) is 0 Å². The Morgan fingerprint density at radius 2 is 1.82 bits per heavy atom.